The van der Waals surface area contributed by atoms with Crippen LogP contribution in [0.25, 0.3) is 0 Å². The summed E-state index contributed by atoms with van der Waals surface area (Å²) in [4.78, 5) is 2.52. The van der Waals surface area contributed by atoms with Gasteiger partial charge in [-0.05, 0) is 26.7 Å². The Kier molecular flexibility index (Phi) is 2.76. The second kappa shape index (κ2) is 3.88. The molecular weight excluding hydrogens is 176 g/mol. The first kappa shape index (κ1) is 9.95. The molecule has 0 spiro atoms. The number of nitrogens with zero attached hydrogens (tertiary/aromatic N) is 2. The van der Waals surface area contributed by atoms with E-state index in [0.717, 1.165) is 13.0 Å². The van der Waals surface area contributed by atoms with E-state index in [9.17, 15) is 0 Å². The van der Waals surface area contributed by atoms with E-state index < -0.39 is 0 Å². The third-order valence-electron chi connectivity index (χ3n) is 3.42. The summed E-state index contributed by atoms with van der Waals surface area (Å²) in [5.41, 5.74) is 0. The van der Waals surface area contributed by atoms with Crippen molar-refractivity contribution in [2.75, 3.05) is 6.61 Å². The number of fused-ring (bicyclic) bond motifs is 3. The zero-order valence-corrected chi connectivity index (χ0v) is 8.94. The maximum atomic E-state index is 8.72. The average Bonchev–Trinajstić information content (AvgIpc) is 2.34. The maximum Gasteiger partial charge on any atom is 0.0860 e. The summed E-state index contributed by atoms with van der Waals surface area (Å²) in [7, 11) is 0. The van der Waals surface area contributed by atoms with Crippen LogP contribution in [-0.4, -0.2) is 35.7 Å². The molecule has 3 saturated heterocycles. The molecule has 3 heteroatoms. The van der Waals surface area contributed by atoms with Crippen molar-refractivity contribution < 1.29 is 4.74 Å². The van der Waals surface area contributed by atoms with Gasteiger partial charge in [-0.15, -0.1) is 0 Å². The Labute approximate surface area is 85.6 Å². The lowest BCUT2D eigenvalue weighted by Crippen LogP contribution is -2.61. The molecule has 3 fully saturated rings. The van der Waals surface area contributed by atoms with Crippen LogP contribution in [0.2, 0.25) is 0 Å². The van der Waals surface area contributed by atoms with Gasteiger partial charge < -0.3 is 4.74 Å². The highest BCUT2D eigenvalue weighted by Crippen LogP contribution is 2.37. The lowest BCUT2D eigenvalue weighted by Gasteiger charge is -2.51. The van der Waals surface area contributed by atoms with Crippen molar-refractivity contribution in [2.24, 2.45) is 0 Å². The summed E-state index contributed by atoms with van der Waals surface area (Å²) in [5.74, 6) is 0. The van der Waals surface area contributed by atoms with Crippen molar-refractivity contribution >= 4 is 0 Å². The van der Waals surface area contributed by atoms with Crippen molar-refractivity contribution in [1.82, 2.24) is 4.90 Å². The van der Waals surface area contributed by atoms with Crippen molar-refractivity contribution in [3.8, 4) is 6.07 Å². The van der Waals surface area contributed by atoms with Gasteiger partial charge in [-0.25, -0.2) is 0 Å². The predicted octanol–water partition coefficient (Wildman–Crippen LogP) is 1.54. The largest absolute Gasteiger partial charge is 0.375 e. The summed E-state index contributed by atoms with van der Waals surface area (Å²) < 4.78 is 5.71. The topological polar surface area (TPSA) is 36.3 Å². The second-order valence-electron chi connectivity index (χ2n) is 4.56. The highest BCUT2D eigenvalue weighted by molar-refractivity contribution is 5.02. The van der Waals surface area contributed by atoms with E-state index in [1.165, 1.54) is 6.42 Å². The van der Waals surface area contributed by atoms with Gasteiger partial charge in [0.2, 0.25) is 0 Å². The number of hydrogen-bond donors (Lipinski definition) is 0. The van der Waals surface area contributed by atoms with Gasteiger partial charge in [-0.2, -0.15) is 5.26 Å². The van der Waals surface area contributed by atoms with E-state index in [-0.39, 0.29) is 6.10 Å². The average molecular weight is 194 g/mol. The number of rotatable bonds is 2. The number of hydrogen-bond acceptors (Lipinski definition) is 3. The molecule has 78 valence electrons. The fourth-order valence-corrected chi connectivity index (χ4v) is 2.82. The van der Waals surface area contributed by atoms with E-state index in [0.29, 0.717) is 24.5 Å². The second-order valence-corrected chi connectivity index (χ2v) is 4.56. The van der Waals surface area contributed by atoms with Gasteiger partial charge in [-0.3, -0.25) is 4.90 Å². The molecule has 0 amide bonds. The molecule has 0 aromatic rings. The van der Waals surface area contributed by atoms with Gasteiger partial charge in [0.25, 0.3) is 0 Å². The predicted molar refractivity (Wildman–Crippen MR) is 53.8 cm³/mol. The van der Waals surface area contributed by atoms with Crippen LogP contribution < -0.4 is 0 Å². The third kappa shape index (κ3) is 1.53. The lowest BCUT2D eigenvalue weighted by atomic mass is 9.85. The monoisotopic (exact) mass is 194 g/mol. The van der Waals surface area contributed by atoms with Crippen LogP contribution in [0.3, 0.4) is 0 Å². The van der Waals surface area contributed by atoms with Crippen molar-refractivity contribution in [2.45, 2.75) is 57.3 Å². The first-order valence-electron chi connectivity index (χ1n) is 5.50. The van der Waals surface area contributed by atoms with Crippen molar-refractivity contribution in [3.05, 3.63) is 0 Å². The summed E-state index contributed by atoms with van der Waals surface area (Å²) in [6.07, 6.45) is 3.06. The van der Waals surface area contributed by atoms with Crippen LogP contribution in [0.5, 0.6) is 0 Å². The van der Waals surface area contributed by atoms with E-state index in [1.807, 2.05) is 0 Å². The molecule has 0 aliphatic carbocycles. The molecule has 3 aliphatic heterocycles. The normalized spacial score (nSPS) is 37.4. The lowest BCUT2D eigenvalue weighted by molar-refractivity contribution is -0.0584. The molecule has 14 heavy (non-hydrogen) atoms. The summed E-state index contributed by atoms with van der Waals surface area (Å²) >= 11 is 0. The standard InChI is InChI=1S/C11H18N2O/c1-8(2)13-9-4-6-14-11(3-5-12)10(13)7-9/h8-11H,3-4,6-7H2,1-2H3/t9-,10-,11-/m1/s1. The Morgan fingerprint density at radius 1 is 1.57 bits per heavy atom. The van der Waals surface area contributed by atoms with Crippen LogP contribution in [0.15, 0.2) is 0 Å². The molecule has 0 radical (unpaired) electrons. The van der Waals surface area contributed by atoms with Gasteiger partial charge in [0.05, 0.1) is 18.6 Å². The molecule has 0 aromatic heterocycles. The SMILES string of the molecule is CC(C)N1[C@@H]2CCO[C@H](CC#N)[C@H]1C2. The Morgan fingerprint density at radius 3 is 3.00 bits per heavy atom. The van der Waals surface area contributed by atoms with Gasteiger partial charge in [-0.1, -0.05) is 0 Å². The first-order valence-corrected chi connectivity index (χ1v) is 5.50. The molecular formula is C11H18N2O. The zero-order chi connectivity index (χ0) is 10.1. The Bertz CT molecular complexity index is 246. The molecule has 0 saturated carbocycles. The maximum absolute atomic E-state index is 8.72. The Hall–Kier alpha value is -0.590. The molecule has 0 aromatic carbocycles. The minimum atomic E-state index is 0.154. The van der Waals surface area contributed by atoms with Crippen molar-refractivity contribution in [3.63, 3.8) is 0 Å². The molecule has 3 heterocycles. The van der Waals surface area contributed by atoms with E-state index in [1.54, 1.807) is 0 Å². The molecule has 0 N–H and O–H groups in total. The van der Waals surface area contributed by atoms with Crippen LogP contribution in [0, 0.1) is 11.3 Å². The van der Waals surface area contributed by atoms with Gasteiger partial charge >= 0.3 is 0 Å². The van der Waals surface area contributed by atoms with Gasteiger partial charge in [0.1, 0.15) is 0 Å². The fraction of sp³-hybridized carbons (Fsp3) is 0.909. The number of nitriles is 1. The Balaban J connectivity index is 2.05. The van der Waals surface area contributed by atoms with E-state index in [4.69, 9.17) is 10.00 Å². The molecule has 2 bridgehead atoms. The van der Waals surface area contributed by atoms with Gasteiger partial charge in [0.15, 0.2) is 0 Å². The quantitative estimate of drug-likeness (QED) is 0.669. The van der Waals surface area contributed by atoms with Crippen LogP contribution in [0.4, 0.5) is 0 Å². The smallest absolute Gasteiger partial charge is 0.0860 e. The van der Waals surface area contributed by atoms with E-state index >= 15 is 0 Å². The van der Waals surface area contributed by atoms with Crippen LogP contribution in [0.1, 0.15) is 33.1 Å². The minimum absolute atomic E-state index is 0.154. The van der Waals surface area contributed by atoms with Crippen molar-refractivity contribution in [1.29, 1.82) is 5.26 Å². The molecule has 3 rings (SSSR count). The molecule has 3 atom stereocenters. The summed E-state index contributed by atoms with van der Waals surface area (Å²) in [6, 6.07) is 4.03. The molecule has 3 nitrogen and oxygen atoms in total. The summed E-state index contributed by atoms with van der Waals surface area (Å²) in [6.45, 7) is 5.29. The minimum Gasteiger partial charge on any atom is -0.375 e. The van der Waals surface area contributed by atoms with Crippen LogP contribution in [-0.2, 0) is 4.74 Å². The Morgan fingerprint density at radius 2 is 2.36 bits per heavy atom. The molecule has 3 aliphatic rings. The molecule has 0 unspecified atom stereocenters. The zero-order valence-electron chi connectivity index (χ0n) is 8.94. The third-order valence-corrected chi connectivity index (χ3v) is 3.42. The highest BCUT2D eigenvalue weighted by atomic mass is 16.5. The summed E-state index contributed by atoms with van der Waals surface area (Å²) in [5, 5.41) is 8.72. The highest BCUT2D eigenvalue weighted by Gasteiger charge is 2.46. The fourth-order valence-electron chi connectivity index (χ4n) is 2.82. The van der Waals surface area contributed by atoms with Crippen LogP contribution >= 0.6 is 0 Å². The first-order chi connectivity index (χ1) is 6.74. The van der Waals surface area contributed by atoms with E-state index in [2.05, 4.69) is 24.8 Å². The number of ether oxygens (including phenoxy) is 1. The van der Waals surface area contributed by atoms with Gasteiger partial charge in [0, 0.05) is 24.7 Å².